The Morgan fingerprint density at radius 3 is 2.03 bits per heavy atom. The van der Waals surface area contributed by atoms with Crippen molar-refractivity contribution in [3.8, 4) is 0 Å². The summed E-state index contributed by atoms with van der Waals surface area (Å²) in [4.78, 5) is 34.0. The normalized spacial score (nSPS) is 22.9. The molecule has 0 spiro atoms. The number of anilines is 2. The first-order chi connectivity index (χ1) is 15.0. The molecule has 0 radical (unpaired) electrons. The van der Waals surface area contributed by atoms with Crippen LogP contribution in [0.4, 0.5) is 11.4 Å². The number of carbonyl (C=O) groups excluding carboxylic acids is 2. The van der Waals surface area contributed by atoms with Gasteiger partial charge in [0.2, 0.25) is 5.91 Å². The SMILES string of the molecule is O=C1[C@@H]2[C@@H](ON(c3ccccc3)[C@H]2c2ccc(Cl)cc2)C(=O)N1c1c(Cl)cccc1Cl. The fourth-order valence-electron chi connectivity index (χ4n) is 4.14. The highest BCUT2D eigenvalue weighted by atomic mass is 35.5. The molecular formula is C23H15Cl3N2O3. The molecule has 2 aliphatic rings. The molecule has 5 nitrogen and oxygen atoms in total. The molecule has 2 heterocycles. The zero-order valence-electron chi connectivity index (χ0n) is 15.9. The Morgan fingerprint density at radius 2 is 1.39 bits per heavy atom. The number of hydrogen-bond acceptors (Lipinski definition) is 4. The predicted molar refractivity (Wildman–Crippen MR) is 120 cm³/mol. The Hall–Kier alpha value is -2.57. The molecule has 2 saturated heterocycles. The first-order valence-electron chi connectivity index (χ1n) is 9.55. The van der Waals surface area contributed by atoms with Crippen LogP contribution < -0.4 is 9.96 Å². The van der Waals surface area contributed by atoms with Crippen LogP contribution in [0.15, 0.2) is 72.8 Å². The van der Waals surface area contributed by atoms with Crippen LogP contribution in [0.2, 0.25) is 15.1 Å². The molecule has 0 saturated carbocycles. The molecule has 0 aliphatic carbocycles. The number of rotatable bonds is 3. The third-order valence-electron chi connectivity index (χ3n) is 5.50. The van der Waals surface area contributed by atoms with E-state index in [4.69, 9.17) is 39.6 Å². The highest BCUT2D eigenvalue weighted by Crippen LogP contribution is 2.49. The van der Waals surface area contributed by atoms with Crippen LogP contribution in [-0.2, 0) is 14.4 Å². The van der Waals surface area contributed by atoms with Gasteiger partial charge < -0.3 is 0 Å². The number of para-hydroxylation sites is 2. The summed E-state index contributed by atoms with van der Waals surface area (Å²) in [5.41, 5.74) is 1.72. The first-order valence-corrected chi connectivity index (χ1v) is 10.7. The highest BCUT2D eigenvalue weighted by molar-refractivity contribution is 6.42. The van der Waals surface area contributed by atoms with Gasteiger partial charge >= 0.3 is 0 Å². The average Bonchev–Trinajstić information content (AvgIpc) is 3.27. The zero-order valence-corrected chi connectivity index (χ0v) is 18.2. The van der Waals surface area contributed by atoms with E-state index in [1.807, 2.05) is 42.5 Å². The quantitative estimate of drug-likeness (QED) is 0.458. The maximum absolute atomic E-state index is 13.6. The van der Waals surface area contributed by atoms with E-state index < -0.39 is 29.9 Å². The van der Waals surface area contributed by atoms with Crippen LogP contribution in [0, 0.1) is 5.92 Å². The number of hydroxylamine groups is 1. The van der Waals surface area contributed by atoms with Gasteiger partial charge in [-0.05, 0) is 42.0 Å². The molecular weight excluding hydrogens is 459 g/mol. The van der Waals surface area contributed by atoms with Gasteiger partial charge in [0.05, 0.1) is 27.5 Å². The predicted octanol–water partition coefficient (Wildman–Crippen LogP) is 5.70. The molecule has 31 heavy (non-hydrogen) atoms. The molecule has 2 amide bonds. The van der Waals surface area contributed by atoms with Gasteiger partial charge in [-0.3, -0.25) is 14.4 Å². The lowest BCUT2D eigenvalue weighted by Crippen LogP contribution is -2.37. The molecule has 156 valence electrons. The van der Waals surface area contributed by atoms with Gasteiger partial charge in [0.1, 0.15) is 5.92 Å². The lowest BCUT2D eigenvalue weighted by Gasteiger charge is -2.29. The zero-order chi connectivity index (χ0) is 21.7. The molecule has 3 atom stereocenters. The van der Waals surface area contributed by atoms with Crippen LogP contribution in [0.1, 0.15) is 11.6 Å². The highest BCUT2D eigenvalue weighted by Gasteiger charge is 2.60. The van der Waals surface area contributed by atoms with Gasteiger partial charge in [-0.25, -0.2) is 9.96 Å². The molecule has 0 bridgehead atoms. The maximum Gasteiger partial charge on any atom is 0.266 e. The molecule has 3 aromatic carbocycles. The summed E-state index contributed by atoms with van der Waals surface area (Å²) in [7, 11) is 0. The largest absolute Gasteiger partial charge is 0.273 e. The lowest BCUT2D eigenvalue weighted by atomic mass is 9.90. The van der Waals surface area contributed by atoms with Crippen molar-refractivity contribution in [2.75, 3.05) is 9.96 Å². The van der Waals surface area contributed by atoms with Crippen molar-refractivity contribution in [3.63, 3.8) is 0 Å². The topological polar surface area (TPSA) is 49.9 Å². The second-order valence-corrected chi connectivity index (χ2v) is 8.54. The molecule has 8 heteroatoms. The molecule has 3 aromatic rings. The van der Waals surface area contributed by atoms with Crippen LogP contribution in [0.5, 0.6) is 0 Å². The molecule has 0 N–H and O–H groups in total. The Bertz CT molecular complexity index is 1150. The Kier molecular flexibility index (Phi) is 5.15. The van der Waals surface area contributed by atoms with Gasteiger partial charge in [0, 0.05) is 5.02 Å². The molecule has 0 aromatic heterocycles. The van der Waals surface area contributed by atoms with E-state index in [1.165, 1.54) is 0 Å². The van der Waals surface area contributed by atoms with Gasteiger partial charge in [-0.15, -0.1) is 0 Å². The Morgan fingerprint density at radius 1 is 0.742 bits per heavy atom. The van der Waals surface area contributed by atoms with Gasteiger partial charge in [-0.2, -0.15) is 0 Å². The van der Waals surface area contributed by atoms with E-state index in [-0.39, 0.29) is 15.7 Å². The molecule has 2 fully saturated rings. The lowest BCUT2D eigenvalue weighted by molar-refractivity contribution is -0.126. The summed E-state index contributed by atoms with van der Waals surface area (Å²) >= 11 is 18.7. The smallest absolute Gasteiger partial charge is 0.266 e. The van der Waals surface area contributed by atoms with Crippen molar-refractivity contribution >= 4 is 58.0 Å². The van der Waals surface area contributed by atoms with Gasteiger partial charge in [0.25, 0.3) is 5.91 Å². The van der Waals surface area contributed by atoms with Crippen molar-refractivity contribution in [2.24, 2.45) is 5.92 Å². The van der Waals surface area contributed by atoms with Crippen molar-refractivity contribution in [3.05, 3.63) is 93.4 Å². The summed E-state index contributed by atoms with van der Waals surface area (Å²) in [5, 5.41) is 2.64. The third kappa shape index (κ3) is 3.29. The van der Waals surface area contributed by atoms with E-state index in [0.717, 1.165) is 16.2 Å². The van der Waals surface area contributed by atoms with Crippen LogP contribution in [0.25, 0.3) is 0 Å². The minimum atomic E-state index is -0.999. The third-order valence-corrected chi connectivity index (χ3v) is 6.36. The number of amides is 2. The Balaban J connectivity index is 1.61. The number of imide groups is 1. The second kappa shape index (κ2) is 7.84. The van der Waals surface area contributed by atoms with E-state index >= 15 is 0 Å². The van der Waals surface area contributed by atoms with E-state index in [9.17, 15) is 9.59 Å². The van der Waals surface area contributed by atoms with Crippen LogP contribution in [0.3, 0.4) is 0 Å². The van der Waals surface area contributed by atoms with Gasteiger partial charge in [0.15, 0.2) is 6.10 Å². The number of carbonyl (C=O) groups is 2. The van der Waals surface area contributed by atoms with Crippen LogP contribution >= 0.6 is 34.8 Å². The first kappa shape index (κ1) is 20.3. The monoisotopic (exact) mass is 472 g/mol. The fourth-order valence-corrected chi connectivity index (χ4v) is 4.83. The average molecular weight is 474 g/mol. The van der Waals surface area contributed by atoms with Crippen LogP contribution in [-0.4, -0.2) is 17.9 Å². The standard InChI is InChI=1S/C23H15Cl3N2O3/c24-14-11-9-13(10-12-14)19-18-21(31-28(19)15-5-2-1-3-6-15)23(30)27(22(18)29)20-16(25)7-4-8-17(20)26/h1-12,18-19,21H/t18-,19-,21+/m0/s1. The number of halogens is 3. The van der Waals surface area contributed by atoms with Crippen molar-refractivity contribution in [2.45, 2.75) is 12.1 Å². The second-order valence-electron chi connectivity index (χ2n) is 7.29. The van der Waals surface area contributed by atoms with Crippen molar-refractivity contribution < 1.29 is 14.4 Å². The maximum atomic E-state index is 13.6. The Labute approximate surface area is 193 Å². The summed E-state index contributed by atoms with van der Waals surface area (Å²) in [6, 6.07) is 20.8. The summed E-state index contributed by atoms with van der Waals surface area (Å²) in [6.45, 7) is 0. The minimum Gasteiger partial charge on any atom is -0.273 e. The number of nitrogens with zero attached hydrogens (tertiary/aromatic N) is 2. The summed E-state index contributed by atoms with van der Waals surface area (Å²) < 4.78 is 0. The fraction of sp³-hybridized carbons (Fsp3) is 0.130. The van der Waals surface area contributed by atoms with E-state index in [2.05, 4.69) is 0 Å². The number of fused-ring (bicyclic) bond motifs is 1. The molecule has 2 aliphatic heterocycles. The minimum absolute atomic E-state index is 0.181. The van der Waals surface area contributed by atoms with E-state index in [0.29, 0.717) is 5.02 Å². The summed E-state index contributed by atoms with van der Waals surface area (Å²) in [6.07, 6.45) is -0.999. The van der Waals surface area contributed by atoms with Gasteiger partial charge in [-0.1, -0.05) is 71.2 Å². The van der Waals surface area contributed by atoms with Crippen molar-refractivity contribution in [1.29, 1.82) is 0 Å². The van der Waals surface area contributed by atoms with E-state index in [1.54, 1.807) is 35.4 Å². The number of hydrogen-bond donors (Lipinski definition) is 0. The molecule has 5 rings (SSSR count). The van der Waals surface area contributed by atoms with Crippen molar-refractivity contribution in [1.82, 2.24) is 0 Å². The summed E-state index contributed by atoms with van der Waals surface area (Å²) in [5.74, 6) is -1.69. The number of benzene rings is 3. The molecule has 0 unspecified atom stereocenters.